The van der Waals surface area contributed by atoms with Gasteiger partial charge in [-0.25, -0.2) is 4.98 Å². The normalized spacial score (nSPS) is 15.9. The van der Waals surface area contributed by atoms with Gasteiger partial charge in [0.25, 0.3) is 0 Å². The van der Waals surface area contributed by atoms with E-state index in [1.54, 1.807) is 6.20 Å². The Morgan fingerprint density at radius 2 is 2.31 bits per heavy atom. The highest BCUT2D eigenvalue weighted by atomic mass is 35.5. The van der Waals surface area contributed by atoms with Crippen LogP contribution in [0.25, 0.3) is 0 Å². The molecule has 1 aromatic rings. The van der Waals surface area contributed by atoms with Crippen LogP contribution in [0.2, 0.25) is 5.15 Å². The second-order valence-electron chi connectivity index (χ2n) is 3.80. The van der Waals surface area contributed by atoms with Crippen LogP contribution in [0.5, 0.6) is 0 Å². The topological polar surface area (TPSA) is 34.1 Å². The Bertz CT molecular complexity index is 362. The third kappa shape index (κ3) is 3.59. The number of hydrogen-bond donors (Lipinski definition) is 1. The summed E-state index contributed by atoms with van der Waals surface area (Å²) >= 11 is 5.71. The minimum atomic E-state index is 0.534. The summed E-state index contributed by atoms with van der Waals surface area (Å²) in [5.41, 5.74) is 2.47. The van der Waals surface area contributed by atoms with Gasteiger partial charge in [0.05, 0.1) is 13.2 Å². The molecular weight excluding hydrogens is 224 g/mol. The highest BCUT2D eigenvalue weighted by molar-refractivity contribution is 6.29. The van der Waals surface area contributed by atoms with Crippen LogP contribution >= 0.6 is 11.6 Å². The van der Waals surface area contributed by atoms with Crippen molar-refractivity contribution in [1.82, 2.24) is 10.3 Å². The van der Waals surface area contributed by atoms with Gasteiger partial charge < -0.3 is 10.1 Å². The summed E-state index contributed by atoms with van der Waals surface area (Å²) in [6, 6.07) is 3.79. The molecule has 0 aromatic carbocycles. The lowest BCUT2D eigenvalue weighted by molar-refractivity contribution is 0.149. The lowest BCUT2D eigenvalue weighted by atomic mass is 10.2. The molecule has 0 saturated carbocycles. The highest BCUT2D eigenvalue weighted by Gasteiger charge is 2.02. The maximum Gasteiger partial charge on any atom is 0.129 e. The van der Waals surface area contributed by atoms with Gasteiger partial charge in [-0.3, -0.25) is 0 Å². The minimum absolute atomic E-state index is 0.534. The molecule has 0 saturated heterocycles. The van der Waals surface area contributed by atoms with Gasteiger partial charge >= 0.3 is 0 Å². The predicted molar refractivity (Wildman–Crippen MR) is 64.5 cm³/mol. The number of pyridine rings is 1. The van der Waals surface area contributed by atoms with Crippen molar-refractivity contribution in [1.29, 1.82) is 0 Å². The van der Waals surface area contributed by atoms with Gasteiger partial charge in [0.1, 0.15) is 5.15 Å². The average molecular weight is 239 g/mol. The fraction of sp³-hybridized carbons (Fsp3) is 0.417. The summed E-state index contributed by atoms with van der Waals surface area (Å²) in [7, 11) is 0. The first-order valence-electron chi connectivity index (χ1n) is 5.41. The molecule has 16 heavy (non-hydrogen) atoms. The van der Waals surface area contributed by atoms with E-state index in [-0.39, 0.29) is 0 Å². The summed E-state index contributed by atoms with van der Waals surface area (Å²) in [5, 5.41) is 3.89. The highest BCUT2D eigenvalue weighted by Crippen LogP contribution is 2.06. The van der Waals surface area contributed by atoms with Crippen LogP contribution in [-0.2, 0) is 11.3 Å². The third-order valence-corrected chi connectivity index (χ3v) is 2.68. The standard InChI is InChI=1S/C12H15ClN2O/c13-12-4-3-10(8-15-12)6-14-7-11-2-1-5-16-9-11/h2-4,8,14H,1,5-7,9H2. The Morgan fingerprint density at radius 3 is 3.00 bits per heavy atom. The minimum Gasteiger partial charge on any atom is -0.377 e. The molecule has 1 aromatic heterocycles. The fourth-order valence-corrected chi connectivity index (χ4v) is 1.72. The van der Waals surface area contributed by atoms with Crippen molar-refractivity contribution in [3.8, 4) is 0 Å². The molecule has 86 valence electrons. The molecule has 0 spiro atoms. The molecule has 0 bridgehead atoms. The lowest BCUT2D eigenvalue weighted by Crippen LogP contribution is -2.21. The first-order chi connectivity index (χ1) is 7.84. The van der Waals surface area contributed by atoms with E-state index in [1.807, 2.05) is 12.1 Å². The largest absolute Gasteiger partial charge is 0.377 e. The van der Waals surface area contributed by atoms with E-state index in [2.05, 4.69) is 16.4 Å². The SMILES string of the molecule is Clc1ccc(CNCC2=CCCOC2)cn1. The quantitative estimate of drug-likeness (QED) is 0.645. The zero-order valence-electron chi connectivity index (χ0n) is 9.08. The van der Waals surface area contributed by atoms with Crippen molar-refractivity contribution in [2.24, 2.45) is 0 Å². The van der Waals surface area contributed by atoms with E-state index in [9.17, 15) is 0 Å². The summed E-state index contributed by atoms with van der Waals surface area (Å²) < 4.78 is 5.36. The van der Waals surface area contributed by atoms with Gasteiger partial charge in [-0.1, -0.05) is 23.7 Å². The molecule has 1 aliphatic rings. The Kier molecular flexibility index (Phi) is 4.34. The van der Waals surface area contributed by atoms with Gasteiger partial charge in [-0.2, -0.15) is 0 Å². The van der Waals surface area contributed by atoms with Gasteiger partial charge in [-0.15, -0.1) is 0 Å². The summed E-state index contributed by atoms with van der Waals surface area (Å²) in [4.78, 5) is 4.03. The van der Waals surface area contributed by atoms with E-state index >= 15 is 0 Å². The first-order valence-corrected chi connectivity index (χ1v) is 5.79. The van der Waals surface area contributed by atoms with Gasteiger partial charge in [0.15, 0.2) is 0 Å². The van der Waals surface area contributed by atoms with Gasteiger partial charge in [-0.05, 0) is 23.6 Å². The maximum atomic E-state index is 5.71. The van der Waals surface area contributed by atoms with Crippen molar-refractivity contribution in [2.45, 2.75) is 13.0 Å². The molecule has 0 aliphatic carbocycles. The van der Waals surface area contributed by atoms with Crippen molar-refractivity contribution in [3.05, 3.63) is 40.7 Å². The van der Waals surface area contributed by atoms with Crippen LogP contribution < -0.4 is 5.32 Å². The summed E-state index contributed by atoms with van der Waals surface area (Å²) in [5.74, 6) is 0. The number of aromatic nitrogens is 1. The predicted octanol–water partition coefficient (Wildman–Crippen LogP) is 2.17. The van der Waals surface area contributed by atoms with E-state index in [1.165, 1.54) is 5.57 Å². The van der Waals surface area contributed by atoms with Crippen LogP contribution in [0.15, 0.2) is 30.0 Å². The van der Waals surface area contributed by atoms with E-state index in [0.29, 0.717) is 5.15 Å². The zero-order chi connectivity index (χ0) is 11.2. The average Bonchev–Trinajstić information content (AvgIpc) is 2.33. The molecule has 4 heteroatoms. The number of halogens is 1. The molecule has 0 amide bonds. The monoisotopic (exact) mass is 238 g/mol. The molecule has 2 rings (SSSR count). The van der Waals surface area contributed by atoms with Crippen LogP contribution in [0, 0.1) is 0 Å². The Morgan fingerprint density at radius 1 is 1.38 bits per heavy atom. The first kappa shape index (κ1) is 11.6. The van der Waals surface area contributed by atoms with Crippen LogP contribution in [0.1, 0.15) is 12.0 Å². The number of ether oxygens (including phenoxy) is 1. The van der Waals surface area contributed by atoms with Crippen molar-refractivity contribution >= 4 is 11.6 Å². The molecule has 0 radical (unpaired) electrons. The van der Waals surface area contributed by atoms with E-state index in [0.717, 1.165) is 38.3 Å². The molecule has 0 atom stereocenters. The number of nitrogens with zero attached hydrogens (tertiary/aromatic N) is 1. The molecule has 1 aliphatic heterocycles. The van der Waals surface area contributed by atoms with E-state index < -0.39 is 0 Å². The van der Waals surface area contributed by atoms with Crippen LogP contribution in [0.3, 0.4) is 0 Å². The van der Waals surface area contributed by atoms with Gasteiger partial charge in [0.2, 0.25) is 0 Å². The Labute approximate surface area is 100 Å². The van der Waals surface area contributed by atoms with Crippen molar-refractivity contribution in [3.63, 3.8) is 0 Å². The maximum absolute atomic E-state index is 5.71. The van der Waals surface area contributed by atoms with Crippen molar-refractivity contribution in [2.75, 3.05) is 19.8 Å². The van der Waals surface area contributed by atoms with Crippen molar-refractivity contribution < 1.29 is 4.74 Å². The molecule has 0 fully saturated rings. The number of nitrogens with one attached hydrogen (secondary N) is 1. The smallest absolute Gasteiger partial charge is 0.129 e. The van der Waals surface area contributed by atoms with E-state index in [4.69, 9.17) is 16.3 Å². The van der Waals surface area contributed by atoms with Crippen LogP contribution in [-0.4, -0.2) is 24.7 Å². The van der Waals surface area contributed by atoms with Crippen LogP contribution in [0.4, 0.5) is 0 Å². The summed E-state index contributed by atoms with van der Waals surface area (Å²) in [6.07, 6.45) is 5.07. The second kappa shape index (κ2) is 5.99. The molecule has 2 heterocycles. The second-order valence-corrected chi connectivity index (χ2v) is 4.18. The number of rotatable bonds is 4. The fourth-order valence-electron chi connectivity index (χ4n) is 1.61. The molecule has 1 N–H and O–H groups in total. The van der Waals surface area contributed by atoms with Gasteiger partial charge in [0, 0.05) is 19.3 Å². The third-order valence-electron chi connectivity index (χ3n) is 2.45. The Balaban J connectivity index is 1.75. The summed E-state index contributed by atoms with van der Waals surface area (Å²) in [6.45, 7) is 3.29. The lowest BCUT2D eigenvalue weighted by Gasteiger charge is -2.14. The number of hydrogen-bond acceptors (Lipinski definition) is 3. The Hall–Kier alpha value is -0.900. The molecule has 3 nitrogen and oxygen atoms in total. The molecule has 0 unspecified atom stereocenters. The molecular formula is C12H15ClN2O. The zero-order valence-corrected chi connectivity index (χ0v) is 9.83.